The van der Waals surface area contributed by atoms with Gasteiger partial charge in [0.2, 0.25) is 0 Å². The van der Waals surface area contributed by atoms with Gasteiger partial charge in [-0.1, -0.05) is 18.2 Å². The van der Waals surface area contributed by atoms with Crippen molar-refractivity contribution in [3.8, 4) is 0 Å². The van der Waals surface area contributed by atoms with Crippen LogP contribution in [0.4, 0.5) is 0 Å². The quantitative estimate of drug-likeness (QED) is 0.771. The van der Waals surface area contributed by atoms with Crippen LogP contribution in [0, 0.1) is 0 Å². The molecule has 1 aliphatic rings. The molecule has 0 spiro atoms. The molecule has 1 fully saturated rings. The second-order valence-electron chi connectivity index (χ2n) is 3.75. The summed E-state index contributed by atoms with van der Waals surface area (Å²) in [4.78, 5) is 10.7. The monoisotopic (exact) mass is 221 g/mol. The molecule has 0 bridgehead atoms. The van der Waals surface area contributed by atoms with Crippen LogP contribution in [-0.2, 0) is 15.2 Å². The molecule has 1 aromatic rings. The third-order valence-corrected chi connectivity index (χ3v) is 2.80. The van der Waals surface area contributed by atoms with Gasteiger partial charge in [0.05, 0.1) is 13.2 Å². The molecule has 0 radical (unpaired) electrons. The molecule has 0 unspecified atom stereocenters. The Kier molecular flexibility index (Phi) is 3.33. The molecule has 1 heterocycles. The molecule has 1 saturated heterocycles. The van der Waals surface area contributed by atoms with Crippen LogP contribution >= 0.6 is 0 Å². The van der Waals surface area contributed by atoms with Crippen molar-refractivity contribution in [1.29, 1.82) is 0 Å². The van der Waals surface area contributed by atoms with Crippen LogP contribution in [0.25, 0.3) is 0 Å². The Labute approximate surface area is 94.6 Å². The molecule has 86 valence electrons. The van der Waals surface area contributed by atoms with Gasteiger partial charge < -0.3 is 9.47 Å². The average molecular weight is 221 g/mol. The smallest absolute Gasteiger partial charge is 0.168 e. The Hall–Kier alpha value is -1.23. The number of nitrogens with one attached hydrogen (secondary N) is 1. The molecule has 1 N–H and O–H groups in total. The fourth-order valence-electron chi connectivity index (χ4n) is 1.89. The molecule has 0 saturated carbocycles. The van der Waals surface area contributed by atoms with Gasteiger partial charge in [0, 0.05) is 24.8 Å². The van der Waals surface area contributed by atoms with Crippen molar-refractivity contribution in [3.63, 3.8) is 0 Å². The fraction of sp³-hybridized carbons (Fsp3) is 0.417. The third-order valence-electron chi connectivity index (χ3n) is 2.80. The predicted molar refractivity (Wildman–Crippen MR) is 59.3 cm³/mol. The summed E-state index contributed by atoms with van der Waals surface area (Å²) >= 11 is 0. The van der Waals surface area contributed by atoms with E-state index in [1.165, 1.54) is 0 Å². The van der Waals surface area contributed by atoms with Crippen molar-refractivity contribution in [2.45, 2.75) is 5.72 Å². The Bertz CT molecular complexity index is 372. The zero-order chi connectivity index (χ0) is 11.4. The Morgan fingerprint density at radius 3 is 3.06 bits per heavy atom. The van der Waals surface area contributed by atoms with Crippen LogP contribution in [0.5, 0.6) is 0 Å². The van der Waals surface area contributed by atoms with E-state index in [4.69, 9.17) is 9.47 Å². The van der Waals surface area contributed by atoms with Crippen LogP contribution in [-0.4, -0.2) is 33.2 Å². The molecule has 1 aromatic carbocycles. The van der Waals surface area contributed by atoms with Crippen LogP contribution in [0.3, 0.4) is 0 Å². The number of benzene rings is 1. The number of methoxy groups -OCH3 is 1. The van der Waals surface area contributed by atoms with Gasteiger partial charge in [-0.3, -0.25) is 10.1 Å². The van der Waals surface area contributed by atoms with Crippen molar-refractivity contribution in [2.24, 2.45) is 0 Å². The van der Waals surface area contributed by atoms with Crippen molar-refractivity contribution in [2.75, 3.05) is 26.9 Å². The first-order valence-electron chi connectivity index (χ1n) is 5.24. The van der Waals surface area contributed by atoms with Crippen molar-refractivity contribution >= 4 is 6.29 Å². The van der Waals surface area contributed by atoms with Crippen molar-refractivity contribution in [3.05, 3.63) is 35.4 Å². The maximum Gasteiger partial charge on any atom is 0.168 e. The molecular weight excluding hydrogens is 206 g/mol. The summed E-state index contributed by atoms with van der Waals surface area (Å²) in [5.41, 5.74) is 0.928. The largest absolute Gasteiger partial charge is 0.375 e. The van der Waals surface area contributed by atoms with Crippen LogP contribution in [0.2, 0.25) is 0 Å². The first-order valence-corrected chi connectivity index (χ1v) is 5.24. The summed E-state index contributed by atoms with van der Waals surface area (Å²) in [5.74, 6) is 0. The number of aldehydes is 1. The van der Waals surface area contributed by atoms with Crippen LogP contribution in [0.15, 0.2) is 24.3 Å². The topological polar surface area (TPSA) is 47.6 Å². The van der Waals surface area contributed by atoms with Crippen LogP contribution < -0.4 is 5.32 Å². The van der Waals surface area contributed by atoms with Gasteiger partial charge >= 0.3 is 0 Å². The zero-order valence-corrected chi connectivity index (χ0v) is 9.23. The Morgan fingerprint density at radius 1 is 1.56 bits per heavy atom. The average Bonchev–Trinajstić information content (AvgIpc) is 2.39. The number of ether oxygens (including phenoxy) is 2. The third kappa shape index (κ3) is 2.00. The predicted octanol–water partition coefficient (Wildman–Crippen LogP) is 0.918. The number of carbonyl (C=O) groups excluding carboxylic acids is 1. The van der Waals surface area contributed by atoms with E-state index in [-0.39, 0.29) is 0 Å². The standard InChI is InChI=1S/C12H15NO3/c1-15-12(9-16-6-5-13-12)11-4-2-3-10(7-11)8-14/h2-4,7-8,13H,5-6,9H2,1H3/t12-/m1/s1. The lowest BCUT2D eigenvalue weighted by Crippen LogP contribution is -2.53. The van der Waals surface area contributed by atoms with Crippen molar-refractivity contribution < 1.29 is 14.3 Å². The maximum absolute atomic E-state index is 10.7. The van der Waals surface area contributed by atoms with Gasteiger partial charge in [-0.05, 0) is 6.07 Å². The fourth-order valence-corrected chi connectivity index (χ4v) is 1.89. The minimum atomic E-state index is -0.628. The van der Waals surface area contributed by atoms with E-state index < -0.39 is 5.72 Å². The molecule has 0 amide bonds. The molecule has 0 aliphatic carbocycles. The zero-order valence-electron chi connectivity index (χ0n) is 9.23. The first-order chi connectivity index (χ1) is 7.80. The van der Waals surface area contributed by atoms with Gasteiger partial charge in [0.25, 0.3) is 0 Å². The molecule has 1 aliphatic heterocycles. The van der Waals surface area contributed by atoms with E-state index in [9.17, 15) is 4.79 Å². The lowest BCUT2D eigenvalue weighted by molar-refractivity contribution is -0.130. The molecule has 1 atom stereocenters. The van der Waals surface area contributed by atoms with Gasteiger partial charge in [-0.15, -0.1) is 0 Å². The number of hydrogen-bond acceptors (Lipinski definition) is 4. The highest BCUT2D eigenvalue weighted by molar-refractivity contribution is 5.75. The van der Waals surface area contributed by atoms with Gasteiger partial charge in [-0.2, -0.15) is 0 Å². The van der Waals surface area contributed by atoms with Crippen molar-refractivity contribution in [1.82, 2.24) is 5.32 Å². The molecule has 4 heteroatoms. The van der Waals surface area contributed by atoms with E-state index in [0.29, 0.717) is 18.8 Å². The molecule has 2 rings (SSSR count). The number of rotatable bonds is 3. The highest BCUT2D eigenvalue weighted by Crippen LogP contribution is 2.25. The molecule has 0 aromatic heterocycles. The number of morpholine rings is 1. The Morgan fingerprint density at radius 2 is 2.44 bits per heavy atom. The second kappa shape index (κ2) is 4.74. The van der Waals surface area contributed by atoms with E-state index in [0.717, 1.165) is 18.4 Å². The highest BCUT2D eigenvalue weighted by atomic mass is 16.6. The summed E-state index contributed by atoms with van der Waals surface area (Å²) < 4.78 is 10.9. The van der Waals surface area contributed by atoms with Gasteiger partial charge in [0.15, 0.2) is 5.72 Å². The lowest BCUT2D eigenvalue weighted by Gasteiger charge is -2.37. The Balaban J connectivity index is 2.34. The second-order valence-corrected chi connectivity index (χ2v) is 3.75. The van der Waals surface area contributed by atoms with E-state index in [1.54, 1.807) is 13.2 Å². The molecule has 16 heavy (non-hydrogen) atoms. The van der Waals surface area contributed by atoms with E-state index in [1.807, 2.05) is 18.2 Å². The molecule has 4 nitrogen and oxygen atoms in total. The molecular formula is C12H15NO3. The summed E-state index contributed by atoms with van der Waals surface area (Å²) in [5, 5.41) is 3.29. The van der Waals surface area contributed by atoms with Gasteiger partial charge in [0.1, 0.15) is 6.29 Å². The first kappa shape index (κ1) is 11.3. The van der Waals surface area contributed by atoms with E-state index in [2.05, 4.69) is 5.32 Å². The minimum Gasteiger partial charge on any atom is -0.375 e. The highest BCUT2D eigenvalue weighted by Gasteiger charge is 2.34. The van der Waals surface area contributed by atoms with E-state index >= 15 is 0 Å². The summed E-state index contributed by atoms with van der Waals surface area (Å²) in [6.07, 6.45) is 0.830. The number of hydrogen-bond donors (Lipinski definition) is 1. The number of carbonyl (C=O) groups is 1. The SMILES string of the molecule is CO[C@@]1(c2cccc(C=O)c2)COCCN1. The minimum absolute atomic E-state index is 0.450. The maximum atomic E-state index is 10.7. The van der Waals surface area contributed by atoms with Crippen LogP contribution in [0.1, 0.15) is 15.9 Å². The lowest BCUT2D eigenvalue weighted by atomic mass is 10.0. The summed E-state index contributed by atoms with van der Waals surface area (Å²) in [6, 6.07) is 7.36. The van der Waals surface area contributed by atoms with Gasteiger partial charge in [-0.25, -0.2) is 0 Å². The summed E-state index contributed by atoms with van der Waals surface area (Å²) in [7, 11) is 1.63. The normalized spacial score (nSPS) is 25.3. The summed E-state index contributed by atoms with van der Waals surface area (Å²) in [6.45, 7) is 1.86.